The van der Waals surface area contributed by atoms with Gasteiger partial charge in [-0.2, -0.15) is 0 Å². The highest BCUT2D eigenvalue weighted by Crippen LogP contribution is 2.00. The van der Waals surface area contributed by atoms with Crippen LogP contribution in [0, 0.1) is 7.14 Å². The second-order valence-corrected chi connectivity index (χ2v) is 5.08. The van der Waals surface area contributed by atoms with Gasteiger partial charge < -0.3 is 0 Å². The van der Waals surface area contributed by atoms with Crippen molar-refractivity contribution in [2.45, 2.75) is 0 Å². The van der Waals surface area contributed by atoms with Crippen molar-refractivity contribution in [3.05, 3.63) is 67.8 Å². The summed E-state index contributed by atoms with van der Waals surface area (Å²) in [5.74, 6) is 0. The summed E-state index contributed by atoms with van der Waals surface area (Å²) in [4.78, 5) is 0. The Bertz CT molecular complexity index is 314. The van der Waals surface area contributed by atoms with Gasteiger partial charge in [0.15, 0.2) is 0 Å². The molecule has 0 radical (unpaired) electrons. The molecule has 88 valence electrons. The van der Waals surface area contributed by atoms with Gasteiger partial charge in [-0.3, -0.25) is 0 Å². The van der Waals surface area contributed by atoms with E-state index in [2.05, 4.69) is 69.4 Å². The largest absolute Gasteiger partial charge is 0.147 e. The molecular weight excluding hydrogens is 469 g/mol. The second kappa shape index (κ2) is 12.0. The predicted molar refractivity (Wildman–Crippen MR) is 92.8 cm³/mol. The minimum atomic E-state index is 0. The molecule has 0 amide bonds. The summed E-state index contributed by atoms with van der Waals surface area (Å²) < 4.78 is 2.58. The maximum absolute atomic E-state index is 2.28. The molecule has 0 heterocycles. The Balaban J connectivity index is 0. The third kappa shape index (κ3) is 9.69. The van der Waals surface area contributed by atoms with Crippen LogP contribution in [0.2, 0.25) is 0 Å². The van der Waals surface area contributed by atoms with Crippen molar-refractivity contribution in [1.29, 1.82) is 0 Å². The highest BCUT2D eigenvalue weighted by atomic mass is 127. The van der Waals surface area contributed by atoms with Crippen LogP contribution in [0.5, 0.6) is 0 Å². The molecule has 0 aromatic heterocycles. The Morgan fingerprint density at radius 2 is 0.750 bits per heavy atom. The maximum atomic E-state index is 2.28. The van der Waals surface area contributed by atoms with Crippen LogP contribution in [0.3, 0.4) is 0 Å². The number of halogens is 4. The fourth-order valence-corrected chi connectivity index (χ4v) is 1.66. The Labute approximate surface area is 136 Å². The van der Waals surface area contributed by atoms with Gasteiger partial charge in [-0.05, 0) is 69.4 Å². The van der Waals surface area contributed by atoms with E-state index in [4.69, 9.17) is 0 Å². The molecular formula is C12H12Cl2I2. The van der Waals surface area contributed by atoms with E-state index in [0.29, 0.717) is 0 Å². The lowest BCUT2D eigenvalue weighted by Gasteiger charge is -1.80. The van der Waals surface area contributed by atoms with Crippen LogP contribution in [0.4, 0.5) is 0 Å². The average Bonchev–Trinajstić information content (AvgIpc) is 2.21. The number of rotatable bonds is 0. The van der Waals surface area contributed by atoms with Crippen LogP contribution in [-0.2, 0) is 0 Å². The molecule has 0 bridgehead atoms. The molecule has 0 saturated heterocycles. The standard InChI is InChI=1S/2C6H5I.2ClH/c2*7-6-4-2-1-3-5-6;;/h2*1-5H;2*1H. The lowest BCUT2D eigenvalue weighted by molar-refractivity contribution is 1.65. The SMILES string of the molecule is Cl.Cl.Ic1ccccc1.Ic1ccccc1. The van der Waals surface area contributed by atoms with Crippen LogP contribution >= 0.6 is 70.0 Å². The third-order valence-corrected chi connectivity index (χ3v) is 2.90. The first-order valence-electron chi connectivity index (χ1n) is 4.20. The van der Waals surface area contributed by atoms with Crippen molar-refractivity contribution >= 4 is 70.0 Å². The molecule has 0 atom stereocenters. The third-order valence-electron chi connectivity index (χ3n) is 1.47. The summed E-state index contributed by atoms with van der Waals surface area (Å²) in [7, 11) is 0. The van der Waals surface area contributed by atoms with Crippen molar-refractivity contribution < 1.29 is 0 Å². The Morgan fingerprint density at radius 1 is 0.500 bits per heavy atom. The van der Waals surface area contributed by atoms with E-state index in [1.165, 1.54) is 7.14 Å². The fraction of sp³-hybridized carbons (Fsp3) is 0. The van der Waals surface area contributed by atoms with Crippen LogP contribution in [0.1, 0.15) is 0 Å². The van der Waals surface area contributed by atoms with Crippen molar-refractivity contribution in [1.82, 2.24) is 0 Å². The monoisotopic (exact) mass is 480 g/mol. The summed E-state index contributed by atoms with van der Waals surface area (Å²) in [5.41, 5.74) is 0. The minimum absolute atomic E-state index is 0. The van der Waals surface area contributed by atoms with Gasteiger partial charge in [0.2, 0.25) is 0 Å². The normalized spacial score (nSPS) is 7.62. The van der Waals surface area contributed by atoms with Crippen molar-refractivity contribution in [3.63, 3.8) is 0 Å². The first-order chi connectivity index (χ1) is 6.79. The predicted octanol–water partition coefficient (Wildman–Crippen LogP) is 5.43. The number of hydrogen-bond acceptors (Lipinski definition) is 0. The van der Waals surface area contributed by atoms with Crippen molar-refractivity contribution in [2.24, 2.45) is 0 Å². The molecule has 0 aliphatic carbocycles. The van der Waals surface area contributed by atoms with E-state index in [9.17, 15) is 0 Å². The summed E-state index contributed by atoms with van der Waals surface area (Å²) in [5, 5.41) is 0. The summed E-state index contributed by atoms with van der Waals surface area (Å²) in [6.45, 7) is 0. The lowest BCUT2D eigenvalue weighted by atomic mass is 10.4. The van der Waals surface area contributed by atoms with Crippen LogP contribution in [-0.4, -0.2) is 0 Å². The van der Waals surface area contributed by atoms with Gasteiger partial charge in [-0.1, -0.05) is 36.4 Å². The zero-order valence-corrected chi connectivity index (χ0v) is 14.3. The van der Waals surface area contributed by atoms with E-state index in [1.807, 2.05) is 36.4 Å². The van der Waals surface area contributed by atoms with Gasteiger partial charge in [0.05, 0.1) is 0 Å². The molecule has 0 saturated carbocycles. The molecule has 2 aromatic rings. The summed E-state index contributed by atoms with van der Waals surface area (Å²) >= 11 is 4.56. The van der Waals surface area contributed by atoms with Gasteiger partial charge in [0.1, 0.15) is 0 Å². The number of hydrogen-bond donors (Lipinski definition) is 0. The first-order valence-corrected chi connectivity index (χ1v) is 6.36. The molecule has 0 N–H and O–H groups in total. The van der Waals surface area contributed by atoms with E-state index < -0.39 is 0 Å². The Hall–Kier alpha value is 0.480. The fourth-order valence-electron chi connectivity index (χ4n) is 0.829. The molecule has 16 heavy (non-hydrogen) atoms. The molecule has 0 unspecified atom stereocenters. The maximum Gasteiger partial charge on any atom is 0.0130 e. The highest BCUT2D eigenvalue weighted by molar-refractivity contribution is 14.1. The minimum Gasteiger partial charge on any atom is -0.147 e. The summed E-state index contributed by atoms with van der Waals surface area (Å²) in [6.07, 6.45) is 0. The van der Waals surface area contributed by atoms with Crippen LogP contribution in [0.25, 0.3) is 0 Å². The molecule has 0 fully saturated rings. The topological polar surface area (TPSA) is 0 Å². The zero-order valence-electron chi connectivity index (χ0n) is 8.35. The van der Waals surface area contributed by atoms with E-state index >= 15 is 0 Å². The highest BCUT2D eigenvalue weighted by Gasteiger charge is 1.74. The zero-order chi connectivity index (χ0) is 10.2. The molecule has 2 aromatic carbocycles. The molecule has 0 spiro atoms. The summed E-state index contributed by atoms with van der Waals surface area (Å²) in [6, 6.07) is 20.4. The van der Waals surface area contributed by atoms with Gasteiger partial charge in [-0.25, -0.2) is 0 Å². The first kappa shape index (κ1) is 18.8. The second-order valence-electron chi connectivity index (χ2n) is 2.59. The van der Waals surface area contributed by atoms with Gasteiger partial charge in [0, 0.05) is 7.14 Å². The van der Waals surface area contributed by atoms with Gasteiger partial charge in [-0.15, -0.1) is 24.8 Å². The Kier molecular flexibility index (Phi) is 14.1. The Morgan fingerprint density at radius 3 is 0.875 bits per heavy atom. The smallest absolute Gasteiger partial charge is 0.0130 e. The van der Waals surface area contributed by atoms with Crippen molar-refractivity contribution in [3.8, 4) is 0 Å². The molecule has 0 nitrogen and oxygen atoms in total. The number of benzene rings is 2. The average molecular weight is 481 g/mol. The van der Waals surface area contributed by atoms with Crippen LogP contribution in [0.15, 0.2) is 60.7 Å². The van der Waals surface area contributed by atoms with E-state index in [-0.39, 0.29) is 24.8 Å². The lowest BCUT2D eigenvalue weighted by Crippen LogP contribution is -1.61. The van der Waals surface area contributed by atoms with Gasteiger partial charge >= 0.3 is 0 Å². The van der Waals surface area contributed by atoms with Gasteiger partial charge in [0.25, 0.3) is 0 Å². The van der Waals surface area contributed by atoms with E-state index in [0.717, 1.165) is 0 Å². The quantitative estimate of drug-likeness (QED) is 0.441. The molecule has 2 rings (SSSR count). The molecule has 0 aliphatic heterocycles. The molecule has 4 heteroatoms. The molecule has 0 aliphatic rings. The van der Waals surface area contributed by atoms with Crippen LogP contribution < -0.4 is 0 Å². The van der Waals surface area contributed by atoms with E-state index in [1.54, 1.807) is 0 Å². The van der Waals surface area contributed by atoms with Crippen molar-refractivity contribution in [2.75, 3.05) is 0 Å².